The summed E-state index contributed by atoms with van der Waals surface area (Å²) in [7, 11) is 0. The molecular formula is C26H23NO4S. The Morgan fingerprint density at radius 2 is 1.84 bits per heavy atom. The summed E-state index contributed by atoms with van der Waals surface area (Å²) in [5, 5.41) is 10.6. The van der Waals surface area contributed by atoms with Crippen LogP contribution in [0.5, 0.6) is 11.5 Å². The first-order chi connectivity index (χ1) is 15.5. The summed E-state index contributed by atoms with van der Waals surface area (Å²) in [4.78, 5) is 17.8. The molecule has 162 valence electrons. The predicted molar refractivity (Wildman–Crippen MR) is 125 cm³/mol. The Hall–Kier alpha value is -3.51. The molecule has 0 saturated heterocycles. The highest BCUT2D eigenvalue weighted by Gasteiger charge is 2.16. The normalized spacial score (nSPS) is 11.0. The smallest absolute Gasteiger partial charge is 0.354 e. The minimum atomic E-state index is -0.569. The van der Waals surface area contributed by atoms with Crippen LogP contribution in [0.2, 0.25) is 0 Å². The van der Waals surface area contributed by atoms with Crippen molar-refractivity contribution in [3.8, 4) is 22.8 Å². The topological polar surface area (TPSA) is 72.6 Å². The molecule has 0 spiro atoms. The van der Waals surface area contributed by atoms with Crippen molar-refractivity contribution >= 4 is 11.8 Å². The van der Waals surface area contributed by atoms with Gasteiger partial charge in [-0.3, -0.25) is 4.98 Å². The van der Waals surface area contributed by atoms with E-state index in [-0.39, 0.29) is 10.6 Å². The van der Waals surface area contributed by atoms with Crippen LogP contribution < -0.4 is 10.4 Å². The summed E-state index contributed by atoms with van der Waals surface area (Å²) in [6.07, 6.45) is 3.47. The maximum atomic E-state index is 12.7. The van der Waals surface area contributed by atoms with Gasteiger partial charge in [0.2, 0.25) is 0 Å². The minimum absolute atomic E-state index is 0.100. The molecule has 1 N–H and O–H groups in total. The van der Waals surface area contributed by atoms with E-state index in [4.69, 9.17) is 9.15 Å². The zero-order valence-corrected chi connectivity index (χ0v) is 18.6. The Morgan fingerprint density at radius 3 is 2.53 bits per heavy atom. The Labute approximate surface area is 190 Å². The van der Waals surface area contributed by atoms with Crippen LogP contribution in [0.15, 0.2) is 98.1 Å². The van der Waals surface area contributed by atoms with E-state index in [1.807, 2.05) is 36.4 Å². The lowest BCUT2D eigenvalue weighted by Gasteiger charge is -2.12. The molecule has 4 aromatic rings. The number of aromatic hydroxyl groups is 1. The van der Waals surface area contributed by atoms with Gasteiger partial charge in [-0.05, 0) is 47.9 Å². The summed E-state index contributed by atoms with van der Waals surface area (Å²) in [5.41, 5.74) is 2.19. The first-order valence-electron chi connectivity index (χ1n) is 10.3. The quantitative estimate of drug-likeness (QED) is 0.362. The third-order valence-corrected chi connectivity index (χ3v) is 6.08. The molecule has 0 unspecified atom stereocenters. The Kier molecular flexibility index (Phi) is 6.61. The number of aromatic nitrogens is 1. The molecule has 32 heavy (non-hydrogen) atoms. The number of nitrogens with zero attached hydrogens (tertiary/aromatic N) is 1. The highest BCUT2D eigenvalue weighted by molar-refractivity contribution is 7.99. The van der Waals surface area contributed by atoms with E-state index >= 15 is 0 Å². The van der Waals surface area contributed by atoms with E-state index < -0.39 is 5.63 Å². The lowest BCUT2D eigenvalue weighted by molar-refractivity contribution is 0.306. The lowest BCUT2D eigenvalue weighted by Crippen LogP contribution is -2.03. The summed E-state index contributed by atoms with van der Waals surface area (Å²) < 4.78 is 11.3. The number of rotatable bonds is 7. The average molecular weight is 446 g/mol. The fourth-order valence-electron chi connectivity index (χ4n) is 3.23. The van der Waals surface area contributed by atoms with Crippen LogP contribution in [0.25, 0.3) is 11.3 Å². The summed E-state index contributed by atoms with van der Waals surface area (Å²) >= 11 is 1.23. The van der Waals surface area contributed by atoms with Gasteiger partial charge in [-0.1, -0.05) is 49.9 Å². The fraction of sp³-hybridized carbons (Fsp3) is 0.154. The van der Waals surface area contributed by atoms with Crippen molar-refractivity contribution in [3.63, 3.8) is 0 Å². The molecule has 0 aliphatic heterocycles. The van der Waals surface area contributed by atoms with E-state index in [0.717, 1.165) is 16.0 Å². The van der Waals surface area contributed by atoms with Crippen molar-refractivity contribution in [3.05, 3.63) is 101 Å². The number of benzene rings is 2. The van der Waals surface area contributed by atoms with E-state index in [1.165, 1.54) is 17.8 Å². The standard InChI is InChI=1S/C26H23NO4S/c1-17(2)21-7-3-4-8-24(21)32-25-22(28)14-23(31-26(25)29)19-9-11-20(12-10-19)30-16-18-6-5-13-27-15-18/h3-15,17,28H,16H2,1-2H3. The zero-order valence-electron chi connectivity index (χ0n) is 17.8. The molecule has 2 heterocycles. The lowest BCUT2D eigenvalue weighted by atomic mass is 10.0. The zero-order chi connectivity index (χ0) is 22.5. The second-order valence-electron chi connectivity index (χ2n) is 7.58. The first-order valence-corrected chi connectivity index (χ1v) is 11.1. The molecule has 0 amide bonds. The maximum absolute atomic E-state index is 12.7. The van der Waals surface area contributed by atoms with Crippen LogP contribution in [-0.4, -0.2) is 10.1 Å². The molecule has 4 rings (SSSR count). The third kappa shape index (κ3) is 5.03. The van der Waals surface area contributed by atoms with Gasteiger partial charge in [0.1, 0.15) is 28.8 Å². The van der Waals surface area contributed by atoms with Gasteiger partial charge in [0.05, 0.1) is 0 Å². The van der Waals surface area contributed by atoms with Crippen LogP contribution in [0.3, 0.4) is 0 Å². The molecule has 0 aliphatic rings. The minimum Gasteiger partial charge on any atom is -0.506 e. The average Bonchev–Trinajstić information content (AvgIpc) is 2.81. The first kappa shape index (κ1) is 21.7. The summed E-state index contributed by atoms with van der Waals surface area (Å²) in [6, 6.07) is 20.3. The SMILES string of the molecule is CC(C)c1ccccc1Sc1c(O)cc(-c2ccc(OCc3cccnc3)cc2)oc1=O. The predicted octanol–water partition coefficient (Wildman–Crippen LogP) is 6.26. The largest absolute Gasteiger partial charge is 0.506 e. The molecule has 2 aromatic carbocycles. The van der Waals surface area contributed by atoms with Gasteiger partial charge in [0, 0.05) is 34.5 Å². The molecule has 0 aliphatic carbocycles. The van der Waals surface area contributed by atoms with Crippen LogP contribution >= 0.6 is 11.8 Å². The maximum Gasteiger partial charge on any atom is 0.354 e. The number of ether oxygens (including phenoxy) is 1. The van der Waals surface area contributed by atoms with Crippen LogP contribution in [0, 0.1) is 0 Å². The highest BCUT2D eigenvalue weighted by Crippen LogP contribution is 2.37. The Morgan fingerprint density at radius 1 is 1.06 bits per heavy atom. The molecule has 0 saturated carbocycles. The van der Waals surface area contributed by atoms with Crippen molar-refractivity contribution in [2.75, 3.05) is 0 Å². The van der Waals surface area contributed by atoms with Crippen molar-refractivity contribution in [1.29, 1.82) is 0 Å². The molecule has 5 nitrogen and oxygen atoms in total. The molecule has 0 fully saturated rings. The van der Waals surface area contributed by atoms with Gasteiger partial charge in [0.15, 0.2) is 0 Å². The van der Waals surface area contributed by atoms with Crippen molar-refractivity contribution in [2.45, 2.75) is 36.2 Å². The van der Waals surface area contributed by atoms with Gasteiger partial charge >= 0.3 is 5.63 Å². The molecule has 2 aromatic heterocycles. The number of pyridine rings is 1. The van der Waals surface area contributed by atoms with Gasteiger partial charge in [-0.25, -0.2) is 4.79 Å². The van der Waals surface area contributed by atoms with Gasteiger partial charge in [-0.2, -0.15) is 0 Å². The number of hydrogen-bond donors (Lipinski definition) is 1. The highest BCUT2D eigenvalue weighted by atomic mass is 32.2. The fourth-order valence-corrected chi connectivity index (χ4v) is 4.31. The van der Waals surface area contributed by atoms with Crippen molar-refractivity contribution < 1.29 is 14.3 Å². The van der Waals surface area contributed by atoms with Gasteiger partial charge < -0.3 is 14.3 Å². The Balaban J connectivity index is 1.52. The van der Waals surface area contributed by atoms with E-state index in [0.29, 0.717) is 29.6 Å². The van der Waals surface area contributed by atoms with E-state index in [9.17, 15) is 9.90 Å². The number of hydrogen-bond acceptors (Lipinski definition) is 6. The molecule has 0 bridgehead atoms. The monoisotopic (exact) mass is 445 g/mol. The summed E-state index contributed by atoms with van der Waals surface area (Å²) in [5.74, 6) is 1.18. The van der Waals surface area contributed by atoms with Crippen molar-refractivity contribution in [2.24, 2.45) is 0 Å². The molecular weight excluding hydrogens is 422 g/mol. The van der Waals surface area contributed by atoms with E-state index in [1.54, 1.807) is 36.7 Å². The molecule has 6 heteroatoms. The van der Waals surface area contributed by atoms with Crippen LogP contribution in [-0.2, 0) is 6.61 Å². The van der Waals surface area contributed by atoms with Gasteiger partial charge in [0.25, 0.3) is 0 Å². The molecule has 0 atom stereocenters. The second kappa shape index (κ2) is 9.75. The van der Waals surface area contributed by atoms with Crippen LogP contribution in [0.1, 0.15) is 30.9 Å². The van der Waals surface area contributed by atoms with Crippen molar-refractivity contribution in [1.82, 2.24) is 4.98 Å². The summed E-state index contributed by atoms with van der Waals surface area (Å²) in [6.45, 7) is 4.59. The van der Waals surface area contributed by atoms with E-state index in [2.05, 4.69) is 18.8 Å². The van der Waals surface area contributed by atoms with Crippen LogP contribution in [0.4, 0.5) is 0 Å². The second-order valence-corrected chi connectivity index (χ2v) is 8.63. The molecule has 0 radical (unpaired) electrons. The third-order valence-electron chi connectivity index (χ3n) is 4.91. The Bertz CT molecular complexity index is 1250. The van der Waals surface area contributed by atoms with Gasteiger partial charge in [-0.15, -0.1) is 0 Å².